The highest BCUT2D eigenvalue weighted by Crippen LogP contribution is 2.30. The molecule has 0 saturated carbocycles. The molecule has 1 aromatic carbocycles. The molecule has 0 aliphatic rings. The normalized spacial score (nSPS) is 11.0. The van der Waals surface area contributed by atoms with Crippen LogP contribution in [0.4, 0.5) is 5.13 Å². The van der Waals surface area contributed by atoms with E-state index in [1.54, 1.807) is 18.2 Å². The summed E-state index contributed by atoms with van der Waals surface area (Å²) in [4.78, 5) is 12.4. The first kappa shape index (κ1) is 17.6. The first-order valence-electron chi connectivity index (χ1n) is 8.11. The Morgan fingerprint density at radius 1 is 1.20 bits per heavy atom. The predicted octanol–water partition coefficient (Wildman–Crippen LogP) is 5.61. The molecule has 0 atom stereocenters. The van der Waals surface area contributed by atoms with Crippen molar-refractivity contribution in [1.82, 2.24) is 10.2 Å². The van der Waals surface area contributed by atoms with E-state index < -0.39 is 0 Å². The number of amides is 1. The van der Waals surface area contributed by atoms with Crippen molar-refractivity contribution < 1.29 is 9.21 Å². The van der Waals surface area contributed by atoms with E-state index in [-0.39, 0.29) is 11.7 Å². The summed E-state index contributed by atoms with van der Waals surface area (Å²) in [5.74, 6) is 0.768. The molecule has 0 saturated heterocycles. The zero-order valence-electron chi connectivity index (χ0n) is 14.0. The van der Waals surface area contributed by atoms with Gasteiger partial charge in [-0.3, -0.25) is 10.1 Å². The van der Waals surface area contributed by atoms with Gasteiger partial charge in [-0.1, -0.05) is 48.9 Å². The van der Waals surface area contributed by atoms with Crippen LogP contribution in [0.25, 0.3) is 11.3 Å². The van der Waals surface area contributed by atoms with Gasteiger partial charge in [-0.2, -0.15) is 0 Å². The fraction of sp³-hybridized carbons (Fsp3) is 0.278. The van der Waals surface area contributed by atoms with Crippen LogP contribution in [0.3, 0.4) is 0 Å². The molecular formula is C18H18ClN3O2S. The van der Waals surface area contributed by atoms with Crippen LogP contribution >= 0.6 is 22.9 Å². The predicted molar refractivity (Wildman–Crippen MR) is 100 cm³/mol. The number of aromatic nitrogens is 2. The molecule has 3 aromatic rings. The van der Waals surface area contributed by atoms with Crippen molar-refractivity contribution >= 4 is 34.0 Å². The molecule has 3 rings (SSSR count). The Bertz CT molecular complexity index is 871. The Kier molecular flexibility index (Phi) is 5.50. The van der Waals surface area contributed by atoms with Crippen molar-refractivity contribution in [3.8, 4) is 11.3 Å². The summed E-state index contributed by atoms with van der Waals surface area (Å²) in [6.07, 6.45) is 2.00. The molecular weight excluding hydrogens is 358 g/mol. The molecule has 25 heavy (non-hydrogen) atoms. The molecule has 5 nitrogen and oxygen atoms in total. The second kappa shape index (κ2) is 7.80. The van der Waals surface area contributed by atoms with Gasteiger partial charge in [0.05, 0.1) is 5.02 Å². The number of hydrogen-bond donors (Lipinski definition) is 1. The molecule has 0 unspecified atom stereocenters. The number of halogens is 1. The summed E-state index contributed by atoms with van der Waals surface area (Å²) in [5.41, 5.74) is 0.746. The number of benzene rings is 1. The summed E-state index contributed by atoms with van der Waals surface area (Å²) < 4.78 is 5.64. The van der Waals surface area contributed by atoms with Gasteiger partial charge >= 0.3 is 0 Å². The topological polar surface area (TPSA) is 68.0 Å². The summed E-state index contributed by atoms with van der Waals surface area (Å²) >= 11 is 7.56. The molecule has 0 radical (unpaired) electrons. The van der Waals surface area contributed by atoms with E-state index in [1.165, 1.54) is 11.3 Å². The number of carbonyl (C=O) groups is 1. The standard InChI is InChI=1S/C18H18ClN3O2S/c1-3-11(4-2)17-21-22-18(25-17)20-16(23)15-10-9-14(24-15)12-7-5-6-8-13(12)19/h5-11H,3-4H2,1-2H3,(H,20,22,23). The molecule has 130 valence electrons. The van der Waals surface area contributed by atoms with Crippen LogP contribution in [0, 0.1) is 0 Å². The van der Waals surface area contributed by atoms with E-state index in [0.29, 0.717) is 21.8 Å². The molecule has 0 fully saturated rings. The van der Waals surface area contributed by atoms with Crippen LogP contribution in [0.1, 0.15) is 48.2 Å². The van der Waals surface area contributed by atoms with Gasteiger partial charge in [-0.25, -0.2) is 0 Å². The van der Waals surface area contributed by atoms with E-state index in [0.717, 1.165) is 23.4 Å². The van der Waals surface area contributed by atoms with Crippen molar-refractivity contribution in [1.29, 1.82) is 0 Å². The first-order chi connectivity index (χ1) is 12.1. The fourth-order valence-electron chi connectivity index (χ4n) is 2.51. The average molecular weight is 376 g/mol. The monoisotopic (exact) mass is 375 g/mol. The Hall–Kier alpha value is -2.18. The minimum atomic E-state index is -0.356. The third-order valence-corrected chi connectivity index (χ3v) is 5.30. The molecule has 0 bridgehead atoms. The zero-order chi connectivity index (χ0) is 17.8. The Morgan fingerprint density at radius 3 is 2.68 bits per heavy atom. The van der Waals surface area contributed by atoms with Gasteiger partial charge in [-0.05, 0) is 37.1 Å². The van der Waals surface area contributed by atoms with Gasteiger partial charge in [0.25, 0.3) is 5.91 Å². The van der Waals surface area contributed by atoms with Crippen LogP contribution in [-0.4, -0.2) is 16.1 Å². The van der Waals surface area contributed by atoms with E-state index >= 15 is 0 Å². The molecule has 1 N–H and O–H groups in total. The van der Waals surface area contributed by atoms with E-state index in [2.05, 4.69) is 29.4 Å². The van der Waals surface area contributed by atoms with Crippen molar-refractivity contribution in [2.24, 2.45) is 0 Å². The maximum absolute atomic E-state index is 12.4. The van der Waals surface area contributed by atoms with Crippen molar-refractivity contribution in [2.75, 3.05) is 5.32 Å². The lowest BCUT2D eigenvalue weighted by Crippen LogP contribution is -2.10. The van der Waals surface area contributed by atoms with E-state index in [4.69, 9.17) is 16.0 Å². The highest BCUT2D eigenvalue weighted by Gasteiger charge is 2.18. The maximum atomic E-state index is 12.4. The fourth-order valence-corrected chi connectivity index (χ4v) is 3.75. The summed E-state index contributed by atoms with van der Waals surface area (Å²) in [6.45, 7) is 4.24. The van der Waals surface area contributed by atoms with Gasteiger partial charge in [0, 0.05) is 11.5 Å². The largest absolute Gasteiger partial charge is 0.451 e. The summed E-state index contributed by atoms with van der Waals surface area (Å²) in [6, 6.07) is 10.7. The lowest BCUT2D eigenvalue weighted by Gasteiger charge is -2.05. The van der Waals surface area contributed by atoms with E-state index in [9.17, 15) is 4.79 Å². The number of nitrogens with one attached hydrogen (secondary N) is 1. The number of nitrogens with zero attached hydrogens (tertiary/aromatic N) is 2. The van der Waals surface area contributed by atoms with Crippen LogP contribution in [0.2, 0.25) is 5.02 Å². The number of rotatable bonds is 6. The molecule has 1 amide bonds. The minimum Gasteiger partial charge on any atom is -0.451 e. The van der Waals surface area contributed by atoms with Crippen LogP contribution in [0.15, 0.2) is 40.8 Å². The van der Waals surface area contributed by atoms with Gasteiger partial charge in [0.1, 0.15) is 10.8 Å². The third kappa shape index (κ3) is 3.91. The Labute approximate surface area is 155 Å². The molecule has 7 heteroatoms. The van der Waals surface area contributed by atoms with E-state index in [1.807, 2.05) is 18.2 Å². The lowest BCUT2D eigenvalue weighted by atomic mass is 10.1. The van der Waals surface area contributed by atoms with Crippen LogP contribution < -0.4 is 5.32 Å². The number of carbonyl (C=O) groups excluding carboxylic acids is 1. The molecule has 0 spiro atoms. The molecule has 0 aliphatic heterocycles. The summed E-state index contributed by atoms with van der Waals surface area (Å²) in [5, 5.41) is 13.0. The number of anilines is 1. The third-order valence-electron chi connectivity index (χ3n) is 3.97. The summed E-state index contributed by atoms with van der Waals surface area (Å²) in [7, 11) is 0. The van der Waals surface area contributed by atoms with Crippen LogP contribution in [-0.2, 0) is 0 Å². The van der Waals surface area contributed by atoms with Gasteiger partial charge in [0.2, 0.25) is 5.13 Å². The smallest absolute Gasteiger partial charge is 0.293 e. The number of hydrogen-bond acceptors (Lipinski definition) is 5. The van der Waals surface area contributed by atoms with Crippen molar-refractivity contribution in [3.63, 3.8) is 0 Å². The average Bonchev–Trinajstić information content (AvgIpc) is 3.26. The first-order valence-corrected chi connectivity index (χ1v) is 9.31. The van der Waals surface area contributed by atoms with Crippen molar-refractivity contribution in [3.05, 3.63) is 52.2 Å². The maximum Gasteiger partial charge on any atom is 0.293 e. The Morgan fingerprint density at radius 2 is 1.96 bits per heavy atom. The number of furan rings is 1. The highest BCUT2D eigenvalue weighted by molar-refractivity contribution is 7.15. The quantitative estimate of drug-likeness (QED) is 0.608. The lowest BCUT2D eigenvalue weighted by molar-refractivity contribution is 0.0997. The van der Waals surface area contributed by atoms with Crippen LogP contribution in [0.5, 0.6) is 0 Å². The SMILES string of the molecule is CCC(CC)c1nnc(NC(=O)c2ccc(-c3ccccc3Cl)o2)s1. The second-order valence-electron chi connectivity index (χ2n) is 5.56. The van der Waals surface area contributed by atoms with Gasteiger partial charge in [0.15, 0.2) is 5.76 Å². The van der Waals surface area contributed by atoms with Gasteiger partial charge < -0.3 is 4.42 Å². The molecule has 0 aliphatic carbocycles. The molecule has 2 aromatic heterocycles. The zero-order valence-corrected chi connectivity index (χ0v) is 15.5. The second-order valence-corrected chi connectivity index (χ2v) is 6.97. The Balaban J connectivity index is 1.73. The minimum absolute atomic E-state index is 0.203. The van der Waals surface area contributed by atoms with Crippen molar-refractivity contribution in [2.45, 2.75) is 32.6 Å². The molecule has 2 heterocycles. The highest BCUT2D eigenvalue weighted by atomic mass is 35.5. The van der Waals surface area contributed by atoms with Gasteiger partial charge in [-0.15, -0.1) is 10.2 Å².